The Labute approximate surface area is 114 Å². The molecule has 1 heterocycles. The first-order valence-corrected chi connectivity index (χ1v) is 6.23. The number of hydrogen-bond donors (Lipinski definition) is 1. The molecule has 0 radical (unpaired) electrons. The Kier molecular flexibility index (Phi) is 3.98. The van der Waals surface area contributed by atoms with Crippen LogP contribution in [0.2, 0.25) is 0 Å². The highest BCUT2D eigenvalue weighted by molar-refractivity contribution is 5.93. The standard InChI is InChI=1S/C15H14FNO3/c1-3-5-20-15(19)12-8-10-6-9(4-2)7-11(16)13(10)14(18)17-12/h4,6-8H,2-3,5H2,1H3,(H,17,18). The molecule has 0 saturated heterocycles. The van der Waals surface area contributed by atoms with E-state index in [1.165, 1.54) is 18.2 Å². The molecule has 1 aromatic heterocycles. The molecule has 0 aliphatic rings. The maximum atomic E-state index is 13.8. The van der Waals surface area contributed by atoms with Crippen molar-refractivity contribution in [2.75, 3.05) is 6.61 Å². The van der Waals surface area contributed by atoms with Crippen molar-refractivity contribution in [3.8, 4) is 0 Å². The third kappa shape index (κ3) is 2.61. The van der Waals surface area contributed by atoms with Crippen LogP contribution in [-0.2, 0) is 4.74 Å². The largest absolute Gasteiger partial charge is 0.461 e. The van der Waals surface area contributed by atoms with Gasteiger partial charge in [0.2, 0.25) is 0 Å². The van der Waals surface area contributed by atoms with Crippen LogP contribution in [-0.4, -0.2) is 17.6 Å². The summed E-state index contributed by atoms with van der Waals surface area (Å²) in [6.45, 7) is 5.68. The average Bonchev–Trinajstić information content (AvgIpc) is 2.43. The molecule has 0 fully saturated rings. The summed E-state index contributed by atoms with van der Waals surface area (Å²) in [5, 5.41) is 0.259. The second kappa shape index (κ2) is 5.69. The van der Waals surface area contributed by atoms with Gasteiger partial charge in [-0.3, -0.25) is 4.79 Å². The van der Waals surface area contributed by atoms with Crippen LogP contribution in [0.25, 0.3) is 16.8 Å². The van der Waals surface area contributed by atoms with Gasteiger partial charge < -0.3 is 9.72 Å². The molecule has 0 bridgehead atoms. The fraction of sp³-hybridized carbons (Fsp3) is 0.200. The number of aromatic nitrogens is 1. The Balaban J connectivity index is 2.58. The van der Waals surface area contributed by atoms with Gasteiger partial charge in [0, 0.05) is 0 Å². The van der Waals surface area contributed by atoms with Crippen LogP contribution in [0, 0.1) is 5.82 Å². The maximum Gasteiger partial charge on any atom is 0.354 e. The number of aromatic amines is 1. The molecule has 0 amide bonds. The highest BCUT2D eigenvalue weighted by Crippen LogP contribution is 2.18. The zero-order chi connectivity index (χ0) is 14.7. The summed E-state index contributed by atoms with van der Waals surface area (Å²) in [5.74, 6) is -1.28. The van der Waals surface area contributed by atoms with Crippen molar-refractivity contribution in [1.29, 1.82) is 0 Å². The molecular weight excluding hydrogens is 261 g/mol. The summed E-state index contributed by atoms with van der Waals surface area (Å²) in [5.41, 5.74) is -0.107. The molecule has 0 aliphatic carbocycles. The zero-order valence-corrected chi connectivity index (χ0v) is 11.0. The quantitative estimate of drug-likeness (QED) is 0.873. The predicted octanol–water partition coefficient (Wildman–Crippen LogP) is 2.88. The fourth-order valence-corrected chi connectivity index (χ4v) is 1.88. The molecule has 104 valence electrons. The lowest BCUT2D eigenvalue weighted by Gasteiger charge is -2.06. The molecule has 0 atom stereocenters. The second-order valence-corrected chi connectivity index (χ2v) is 4.32. The molecule has 1 aromatic carbocycles. The van der Waals surface area contributed by atoms with Crippen molar-refractivity contribution in [3.05, 3.63) is 52.2 Å². The summed E-state index contributed by atoms with van der Waals surface area (Å²) in [6, 6.07) is 4.22. The number of ether oxygens (including phenoxy) is 1. The van der Waals surface area contributed by atoms with Crippen molar-refractivity contribution in [2.45, 2.75) is 13.3 Å². The van der Waals surface area contributed by atoms with E-state index in [-0.39, 0.29) is 17.7 Å². The normalized spacial score (nSPS) is 10.5. The summed E-state index contributed by atoms with van der Waals surface area (Å²) >= 11 is 0. The predicted molar refractivity (Wildman–Crippen MR) is 75.2 cm³/mol. The molecule has 5 heteroatoms. The molecule has 0 aliphatic heterocycles. The summed E-state index contributed by atoms with van der Waals surface area (Å²) in [4.78, 5) is 25.9. The SMILES string of the molecule is C=Cc1cc(F)c2c(=O)[nH]c(C(=O)OCCC)cc2c1. The molecule has 1 N–H and O–H groups in total. The minimum Gasteiger partial charge on any atom is -0.461 e. The van der Waals surface area contributed by atoms with E-state index in [1.807, 2.05) is 6.92 Å². The van der Waals surface area contributed by atoms with Crippen LogP contribution in [0.15, 0.2) is 29.6 Å². The van der Waals surface area contributed by atoms with Gasteiger partial charge in [0.05, 0.1) is 12.0 Å². The number of H-pyrrole nitrogens is 1. The number of halogens is 1. The van der Waals surface area contributed by atoms with Crippen molar-refractivity contribution < 1.29 is 13.9 Å². The minimum absolute atomic E-state index is 0.0107. The van der Waals surface area contributed by atoms with Gasteiger partial charge in [-0.05, 0) is 35.6 Å². The number of benzene rings is 1. The summed E-state index contributed by atoms with van der Waals surface area (Å²) in [6.07, 6.45) is 2.15. The van der Waals surface area contributed by atoms with Crippen molar-refractivity contribution in [3.63, 3.8) is 0 Å². The van der Waals surface area contributed by atoms with E-state index >= 15 is 0 Å². The monoisotopic (exact) mass is 275 g/mol. The first-order valence-electron chi connectivity index (χ1n) is 6.23. The Bertz CT molecular complexity index is 734. The molecular formula is C15H14FNO3. The van der Waals surface area contributed by atoms with Crippen LogP contribution >= 0.6 is 0 Å². The van der Waals surface area contributed by atoms with Gasteiger partial charge in [-0.25, -0.2) is 9.18 Å². The van der Waals surface area contributed by atoms with Gasteiger partial charge in [-0.2, -0.15) is 0 Å². The van der Waals surface area contributed by atoms with E-state index in [1.54, 1.807) is 6.07 Å². The van der Waals surface area contributed by atoms with Crippen molar-refractivity contribution in [1.82, 2.24) is 4.98 Å². The zero-order valence-electron chi connectivity index (χ0n) is 11.0. The van der Waals surface area contributed by atoms with Gasteiger partial charge in [0.25, 0.3) is 5.56 Å². The van der Waals surface area contributed by atoms with Crippen LogP contribution in [0.3, 0.4) is 0 Å². The Morgan fingerprint density at radius 2 is 2.20 bits per heavy atom. The van der Waals surface area contributed by atoms with E-state index < -0.39 is 17.3 Å². The fourth-order valence-electron chi connectivity index (χ4n) is 1.88. The highest BCUT2D eigenvalue weighted by Gasteiger charge is 2.13. The van der Waals surface area contributed by atoms with Gasteiger partial charge in [-0.1, -0.05) is 19.6 Å². The van der Waals surface area contributed by atoms with Gasteiger partial charge in [-0.15, -0.1) is 0 Å². The number of esters is 1. The van der Waals surface area contributed by atoms with Crippen LogP contribution < -0.4 is 5.56 Å². The smallest absolute Gasteiger partial charge is 0.354 e. The summed E-state index contributed by atoms with van der Waals surface area (Å²) < 4.78 is 18.8. The Hall–Kier alpha value is -2.43. The average molecular weight is 275 g/mol. The lowest BCUT2D eigenvalue weighted by molar-refractivity contribution is 0.0498. The number of hydrogen-bond acceptors (Lipinski definition) is 3. The van der Waals surface area contributed by atoms with E-state index in [9.17, 15) is 14.0 Å². The van der Waals surface area contributed by atoms with E-state index in [0.29, 0.717) is 17.4 Å². The van der Waals surface area contributed by atoms with E-state index in [0.717, 1.165) is 0 Å². The van der Waals surface area contributed by atoms with Gasteiger partial charge in [0.1, 0.15) is 11.5 Å². The minimum atomic E-state index is -0.654. The van der Waals surface area contributed by atoms with Crippen LogP contribution in [0.5, 0.6) is 0 Å². The lowest BCUT2D eigenvalue weighted by Crippen LogP contribution is -2.16. The van der Waals surface area contributed by atoms with Crippen molar-refractivity contribution >= 4 is 22.8 Å². The number of nitrogens with one attached hydrogen (secondary N) is 1. The third-order valence-electron chi connectivity index (χ3n) is 2.81. The molecule has 0 spiro atoms. The number of rotatable bonds is 4. The van der Waals surface area contributed by atoms with E-state index in [2.05, 4.69) is 11.6 Å². The first-order chi connectivity index (χ1) is 9.56. The Morgan fingerprint density at radius 3 is 2.85 bits per heavy atom. The highest BCUT2D eigenvalue weighted by atomic mass is 19.1. The third-order valence-corrected chi connectivity index (χ3v) is 2.81. The van der Waals surface area contributed by atoms with Gasteiger partial charge in [0.15, 0.2) is 0 Å². The van der Waals surface area contributed by atoms with E-state index in [4.69, 9.17) is 4.74 Å². The van der Waals surface area contributed by atoms with Crippen LogP contribution in [0.4, 0.5) is 4.39 Å². The Morgan fingerprint density at radius 1 is 1.45 bits per heavy atom. The molecule has 4 nitrogen and oxygen atoms in total. The molecule has 0 saturated carbocycles. The molecule has 20 heavy (non-hydrogen) atoms. The van der Waals surface area contributed by atoms with Crippen molar-refractivity contribution in [2.24, 2.45) is 0 Å². The van der Waals surface area contributed by atoms with Gasteiger partial charge >= 0.3 is 5.97 Å². The lowest BCUT2D eigenvalue weighted by atomic mass is 10.1. The number of fused-ring (bicyclic) bond motifs is 1. The van der Waals surface area contributed by atoms with Crippen LogP contribution in [0.1, 0.15) is 29.4 Å². The molecule has 0 unspecified atom stereocenters. The number of carbonyl (C=O) groups excluding carboxylic acids is 1. The number of pyridine rings is 1. The molecule has 2 aromatic rings. The first kappa shape index (κ1) is 14.0. The topological polar surface area (TPSA) is 59.2 Å². The second-order valence-electron chi connectivity index (χ2n) is 4.32. The molecule has 2 rings (SSSR count). The summed E-state index contributed by atoms with van der Waals surface area (Å²) in [7, 11) is 0. The maximum absolute atomic E-state index is 13.8. The number of carbonyl (C=O) groups is 1.